The Morgan fingerprint density at radius 1 is 1.04 bits per heavy atom. The van der Waals surface area contributed by atoms with Gasteiger partial charge in [-0.25, -0.2) is 4.98 Å². The fourth-order valence-corrected chi connectivity index (χ4v) is 3.08. The second-order valence-electron chi connectivity index (χ2n) is 6.34. The summed E-state index contributed by atoms with van der Waals surface area (Å²) in [5.74, 6) is -0.0279. The molecule has 0 atom stereocenters. The molecule has 0 unspecified atom stereocenters. The second-order valence-corrected chi connectivity index (χ2v) is 6.74. The number of imidazole rings is 1. The third kappa shape index (κ3) is 3.68. The van der Waals surface area contributed by atoms with Crippen molar-refractivity contribution in [2.75, 3.05) is 5.32 Å². The number of aromatic amines is 1. The molecular weight excluding hydrogens is 360 g/mol. The van der Waals surface area contributed by atoms with Crippen LogP contribution in [0.25, 0.3) is 11.0 Å². The van der Waals surface area contributed by atoms with Crippen molar-refractivity contribution in [3.8, 4) is 0 Å². The average molecular weight is 377 g/mol. The molecule has 27 heavy (non-hydrogen) atoms. The summed E-state index contributed by atoms with van der Waals surface area (Å²) in [5.41, 5.74) is 5.42. The number of benzene rings is 2. The van der Waals surface area contributed by atoms with E-state index in [0.29, 0.717) is 16.2 Å². The third-order valence-corrected chi connectivity index (χ3v) is 4.84. The normalized spacial score (nSPS) is 10.9. The lowest BCUT2D eigenvalue weighted by Crippen LogP contribution is -2.13. The number of carbonyl (C=O) groups is 1. The summed E-state index contributed by atoms with van der Waals surface area (Å²) in [6, 6.07) is 15.4. The molecule has 134 valence electrons. The van der Waals surface area contributed by atoms with Gasteiger partial charge in [-0.15, -0.1) is 0 Å². The highest BCUT2D eigenvalue weighted by atomic mass is 35.5. The molecule has 0 saturated heterocycles. The number of halogens is 1. The predicted molar refractivity (Wildman–Crippen MR) is 107 cm³/mol. The number of aryl methyl sites for hydroxylation is 1. The van der Waals surface area contributed by atoms with Crippen LogP contribution >= 0.6 is 11.6 Å². The van der Waals surface area contributed by atoms with E-state index in [9.17, 15) is 4.79 Å². The van der Waals surface area contributed by atoms with Crippen molar-refractivity contribution in [2.24, 2.45) is 0 Å². The molecule has 2 aromatic carbocycles. The zero-order chi connectivity index (χ0) is 18.8. The highest BCUT2D eigenvalue weighted by Crippen LogP contribution is 2.24. The molecule has 4 rings (SSSR count). The molecule has 2 N–H and O–H groups in total. The van der Waals surface area contributed by atoms with Crippen LogP contribution in [0.15, 0.2) is 60.9 Å². The monoisotopic (exact) mass is 376 g/mol. The van der Waals surface area contributed by atoms with E-state index >= 15 is 0 Å². The fraction of sp³-hybridized carbons (Fsp3) is 0.0952. The standard InChI is InChI=1S/C21H17ClN4O/c1-13-17(22)6-7-18-19(13)26-20(25-18)21(27)24-16-4-2-14(3-5-16)12-15-8-10-23-11-9-15/h2-11H,12H2,1H3,(H,24,27)(H,25,26). The number of anilines is 1. The number of rotatable bonds is 4. The van der Waals surface area contributed by atoms with Crippen LogP contribution in [0.3, 0.4) is 0 Å². The molecule has 0 aliphatic carbocycles. The van der Waals surface area contributed by atoms with Crippen LogP contribution in [0.4, 0.5) is 5.69 Å². The van der Waals surface area contributed by atoms with Crippen molar-refractivity contribution >= 4 is 34.2 Å². The number of amides is 1. The van der Waals surface area contributed by atoms with Crippen LogP contribution in [-0.4, -0.2) is 20.9 Å². The van der Waals surface area contributed by atoms with E-state index in [1.165, 1.54) is 5.56 Å². The van der Waals surface area contributed by atoms with Gasteiger partial charge in [0.25, 0.3) is 5.91 Å². The number of nitrogens with one attached hydrogen (secondary N) is 2. The fourth-order valence-electron chi connectivity index (χ4n) is 2.93. The number of hydrogen-bond donors (Lipinski definition) is 2. The SMILES string of the molecule is Cc1c(Cl)ccc2[nH]c(C(=O)Nc3ccc(Cc4ccncc4)cc3)nc12. The van der Waals surface area contributed by atoms with Crippen LogP contribution in [0.2, 0.25) is 5.02 Å². The third-order valence-electron chi connectivity index (χ3n) is 4.43. The van der Waals surface area contributed by atoms with E-state index in [2.05, 4.69) is 20.3 Å². The molecule has 0 fully saturated rings. The zero-order valence-corrected chi connectivity index (χ0v) is 15.4. The smallest absolute Gasteiger partial charge is 0.291 e. The summed E-state index contributed by atoms with van der Waals surface area (Å²) in [6.45, 7) is 1.88. The van der Waals surface area contributed by atoms with Gasteiger partial charge in [0.1, 0.15) is 0 Å². The van der Waals surface area contributed by atoms with Crippen LogP contribution in [0.5, 0.6) is 0 Å². The first kappa shape index (κ1) is 17.2. The number of pyridine rings is 1. The second kappa shape index (κ2) is 7.21. The van der Waals surface area contributed by atoms with E-state index in [1.54, 1.807) is 18.5 Å². The molecule has 1 amide bonds. The number of hydrogen-bond acceptors (Lipinski definition) is 3. The summed E-state index contributed by atoms with van der Waals surface area (Å²) in [6.07, 6.45) is 4.39. The van der Waals surface area contributed by atoms with E-state index in [4.69, 9.17) is 11.6 Å². The molecule has 0 spiro atoms. The lowest BCUT2D eigenvalue weighted by Gasteiger charge is -2.05. The van der Waals surface area contributed by atoms with Crippen molar-refractivity contribution in [3.63, 3.8) is 0 Å². The van der Waals surface area contributed by atoms with Gasteiger partial charge in [0, 0.05) is 23.1 Å². The Bertz CT molecular complexity index is 1100. The first-order valence-electron chi connectivity index (χ1n) is 8.54. The summed E-state index contributed by atoms with van der Waals surface area (Å²) in [4.78, 5) is 24.0. The Balaban J connectivity index is 1.49. The van der Waals surface area contributed by atoms with Gasteiger partial charge < -0.3 is 10.3 Å². The predicted octanol–water partition coefficient (Wildman–Crippen LogP) is 4.76. The first-order valence-corrected chi connectivity index (χ1v) is 8.92. The van der Waals surface area contributed by atoms with Gasteiger partial charge in [0.15, 0.2) is 5.82 Å². The van der Waals surface area contributed by atoms with Crippen LogP contribution in [0, 0.1) is 6.92 Å². The maximum Gasteiger partial charge on any atom is 0.291 e. The highest BCUT2D eigenvalue weighted by Gasteiger charge is 2.14. The van der Waals surface area contributed by atoms with Crippen molar-refractivity contribution in [2.45, 2.75) is 13.3 Å². The molecule has 0 radical (unpaired) electrons. The van der Waals surface area contributed by atoms with E-state index < -0.39 is 0 Å². The quantitative estimate of drug-likeness (QED) is 0.539. The molecule has 2 aromatic heterocycles. The molecule has 0 aliphatic rings. The Morgan fingerprint density at radius 3 is 2.48 bits per heavy atom. The molecule has 0 aliphatic heterocycles. The maximum atomic E-state index is 12.5. The van der Waals surface area contributed by atoms with Gasteiger partial charge in [0.05, 0.1) is 11.0 Å². The van der Waals surface area contributed by atoms with Crippen molar-refractivity contribution in [1.82, 2.24) is 15.0 Å². The van der Waals surface area contributed by atoms with Gasteiger partial charge in [0.2, 0.25) is 0 Å². The average Bonchev–Trinajstić information content (AvgIpc) is 3.12. The van der Waals surface area contributed by atoms with Crippen LogP contribution in [-0.2, 0) is 6.42 Å². The van der Waals surface area contributed by atoms with E-state index in [-0.39, 0.29) is 11.7 Å². The highest BCUT2D eigenvalue weighted by molar-refractivity contribution is 6.32. The topological polar surface area (TPSA) is 70.7 Å². The van der Waals surface area contributed by atoms with Gasteiger partial charge >= 0.3 is 0 Å². The summed E-state index contributed by atoms with van der Waals surface area (Å²) < 4.78 is 0. The number of H-pyrrole nitrogens is 1. The van der Waals surface area contributed by atoms with E-state index in [1.807, 2.05) is 49.4 Å². The number of fused-ring (bicyclic) bond motifs is 1. The lowest BCUT2D eigenvalue weighted by atomic mass is 10.1. The van der Waals surface area contributed by atoms with Gasteiger partial charge in [-0.05, 0) is 66.4 Å². The number of carbonyl (C=O) groups excluding carboxylic acids is 1. The van der Waals surface area contributed by atoms with Crippen LogP contribution in [0.1, 0.15) is 27.3 Å². The minimum Gasteiger partial charge on any atom is -0.334 e. The van der Waals surface area contributed by atoms with Crippen molar-refractivity contribution in [1.29, 1.82) is 0 Å². The number of aromatic nitrogens is 3. The van der Waals surface area contributed by atoms with Gasteiger partial charge in [-0.2, -0.15) is 0 Å². The minimum absolute atomic E-state index is 0.260. The number of nitrogens with zero attached hydrogens (tertiary/aromatic N) is 2. The van der Waals surface area contributed by atoms with Gasteiger partial charge in [-0.3, -0.25) is 9.78 Å². The Morgan fingerprint density at radius 2 is 1.74 bits per heavy atom. The first-order chi connectivity index (χ1) is 13.1. The Labute approximate surface area is 161 Å². The molecular formula is C21H17ClN4O. The maximum absolute atomic E-state index is 12.5. The summed E-state index contributed by atoms with van der Waals surface area (Å²) >= 11 is 6.12. The van der Waals surface area contributed by atoms with Crippen molar-refractivity contribution < 1.29 is 4.79 Å². The largest absolute Gasteiger partial charge is 0.334 e. The van der Waals surface area contributed by atoms with Crippen molar-refractivity contribution in [3.05, 3.63) is 88.5 Å². The lowest BCUT2D eigenvalue weighted by molar-refractivity contribution is 0.101. The molecule has 4 aromatic rings. The Hall–Kier alpha value is -3.18. The minimum atomic E-state index is -0.288. The zero-order valence-electron chi connectivity index (χ0n) is 14.7. The molecule has 0 saturated carbocycles. The summed E-state index contributed by atoms with van der Waals surface area (Å²) in [7, 11) is 0. The molecule has 0 bridgehead atoms. The van der Waals surface area contributed by atoms with Crippen LogP contribution < -0.4 is 5.32 Å². The molecule has 6 heteroatoms. The summed E-state index contributed by atoms with van der Waals surface area (Å²) in [5, 5.41) is 3.50. The molecule has 5 nitrogen and oxygen atoms in total. The molecule has 2 heterocycles. The Kier molecular flexibility index (Phi) is 4.60. The van der Waals surface area contributed by atoms with E-state index in [0.717, 1.165) is 23.1 Å². The van der Waals surface area contributed by atoms with Gasteiger partial charge in [-0.1, -0.05) is 23.7 Å².